The highest BCUT2D eigenvalue weighted by atomic mass is 14.7. The van der Waals surface area contributed by atoms with Crippen molar-refractivity contribution in [1.82, 2.24) is 4.98 Å². The van der Waals surface area contributed by atoms with Crippen LogP contribution in [0.15, 0.2) is 61.7 Å². The molecule has 2 unspecified atom stereocenters. The first kappa shape index (κ1) is 15.0. The molecule has 0 spiro atoms. The van der Waals surface area contributed by atoms with E-state index in [0.29, 0.717) is 5.92 Å². The fourth-order valence-corrected chi connectivity index (χ4v) is 4.17. The van der Waals surface area contributed by atoms with Crippen LogP contribution >= 0.6 is 0 Å². The molecule has 0 saturated heterocycles. The van der Waals surface area contributed by atoms with E-state index in [0.717, 1.165) is 18.4 Å². The minimum atomic E-state index is 0.137. The average Bonchev–Trinajstić information content (AvgIpc) is 2.57. The molecule has 2 aromatic rings. The number of pyridine rings is 1. The Morgan fingerprint density at radius 3 is 2.77 bits per heavy atom. The van der Waals surface area contributed by atoms with E-state index in [-0.39, 0.29) is 5.41 Å². The summed E-state index contributed by atoms with van der Waals surface area (Å²) in [6.45, 7) is 8.01. The molecule has 114 valence electrons. The van der Waals surface area contributed by atoms with Gasteiger partial charge in [-0.1, -0.05) is 49.3 Å². The first-order valence-corrected chi connectivity index (χ1v) is 8.38. The summed E-state index contributed by atoms with van der Waals surface area (Å²) in [5.41, 5.74) is 2.49. The second-order valence-electron chi connectivity index (χ2n) is 6.51. The van der Waals surface area contributed by atoms with Crippen LogP contribution in [0.2, 0.25) is 0 Å². The molecule has 0 bridgehead atoms. The maximum absolute atomic E-state index is 5.04. The molecule has 0 N–H and O–H groups in total. The molecular weight excluding hydrogens is 266 g/mol. The Hall–Kier alpha value is -1.89. The van der Waals surface area contributed by atoms with E-state index in [9.17, 15) is 0 Å². The predicted octanol–water partition coefficient (Wildman–Crippen LogP) is 5.82. The van der Waals surface area contributed by atoms with Crippen molar-refractivity contribution in [3.63, 3.8) is 0 Å². The Morgan fingerprint density at radius 2 is 1.95 bits per heavy atom. The molecule has 2 atom stereocenters. The van der Waals surface area contributed by atoms with Crippen molar-refractivity contribution in [2.75, 3.05) is 0 Å². The minimum Gasteiger partial charge on any atom is -0.252 e. The topological polar surface area (TPSA) is 12.9 Å². The van der Waals surface area contributed by atoms with Crippen molar-refractivity contribution in [1.29, 1.82) is 0 Å². The van der Waals surface area contributed by atoms with Gasteiger partial charge in [0, 0.05) is 16.5 Å². The van der Waals surface area contributed by atoms with E-state index in [1.165, 1.54) is 36.8 Å². The van der Waals surface area contributed by atoms with E-state index >= 15 is 0 Å². The lowest BCUT2D eigenvalue weighted by atomic mass is 9.61. The van der Waals surface area contributed by atoms with Crippen LogP contribution < -0.4 is 0 Å². The first-order valence-electron chi connectivity index (χ1n) is 8.38. The highest BCUT2D eigenvalue weighted by molar-refractivity contribution is 5.78. The lowest BCUT2D eigenvalue weighted by molar-refractivity contribution is 0.182. The third-order valence-corrected chi connectivity index (χ3v) is 5.28. The van der Waals surface area contributed by atoms with Crippen molar-refractivity contribution in [3.8, 4) is 0 Å². The van der Waals surface area contributed by atoms with E-state index < -0.39 is 0 Å². The second kappa shape index (κ2) is 6.48. The van der Waals surface area contributed by atoms with Gasteiger partial charge in [0.1, 0.15) is 0 Å². The van der Waals surface area contributed by atoms with Crippen LogP contribution in [0.25, 0.3) is 10.9 Å². The molecule has 1 fully saturated rings. The number of allylic oxidation sites excluding steroid dienone is 2. The molecule has 1 aliphatic rings. The maximum Gasteiger partial charge on any atom is 0.0705 e. The van der Waals surface area contributed by atoms with Gasteiger partial charge in [-0.3, -0.25) is 4.98 Å². The van der Waals surface area contributed by atoms with E-state index in [1.807, 2.05) is 0 Å². The standard InChI is InChI=1S/C21H25N/c1-3-9-18-11-7-8-16-21(18,15-4-2)20-14-13-17-10-5-6-12-19(17)22-20/h3-6,10,12-14,18H,1-2,7-9,11,15-16H2. The number of benzene rings is 1. The van der Waals surface area contributed by atoms with Gasteiger partial charge < -0.3 is 0 Å². The molecule has 1 heterocycles. The second-order valence-corrected chi connectivity index (χ2v) is 6.51. The SMILES string of the molecule is C=CCC1CCCCC1(CC=C)c1ccc2ccccc2n1. The van der Waals surface area contributed by atoms with Crippen LogP contribution in [0.3, 0.4) is 0 Å². The van der Waals surface area contributed by atoms with Crippen LogP contribution in [0.4, 0.5) is 0 Å². The molecule has 1 aromatic carbocycles. The van der Waals surface area contributed by atoms with Crippen LogP contribution in [0.1, 0.15) is 44.2 Å². The minimum absolute atomic E-state index is 0.137. The molecule has 0 radical (unpaired) electrons. The normalized spacial score (nSPS) is 25.0. The zero-order valence-corrected chi connectivity index (χ0v) is 13.3. The van der Waals surface area contributed by atoms with Gasteiger partial charge in [-0.2, -0.15) is 0 Å². The summed E-state index contributed by atoms with van der Waals surface area (Å²) in [6.07, 6.45) is 11.3. The van der Waals surface area contributed by atoms with Gasteiger partial charge in [0.05, 0.1) is 5.52 Å². The lowest BCUT2D eigenvalue weighted by Crippen LogP contribution is -2.38. The maximum atomic E-state index is 5.04. The van der Waals surface area contributed by atoms with Crippen LogP contribution in [0, 0.1) is 5.92 Å². The van der Waals surface area contributed by atoms with E-state index in [1.54, 1.807) is 0 Å². The molecule has 1 nitrogen and oxygen atoms in total. The third-order valence-electron chi connectivity index (χ3n) is 5.28. The Morgan fingerprint density at radius 1 is 1.09 bits per heavy atom. The van der Waals surface area contributed by atoms with Gasteiger partial charge in [-0.15, -0.1) is 13.2 Å². The Labute approximate surface area is 133 Å². The Kier molecular flexibility index (Phi) is 4.42. The van der Waals surface area contributed by atoms with Crippen molar-refractivity contribution in [2.24, 2.45) is 5.92 Å². The summed E-state index contributed by atoms with van der Waals surface area (Å²) in [6, 6.07) is 12.9. The van der Waals surface area contributed by atoms with E-state index in [2.05, 4.69) is 61.7 Å². The van der Waals surface area contributed by atoms with Crippen molar-refractivity contribution in [2.45, 2.75) is 43.9 Å². The Balaban J connectivity index is 2.10. The number of aromatic nitrogens is 1. The summed E-state index contributed by atoms with van der Waals surface area (Å²) in [5.74, 6) is 0.630. The summed E-state index contributed by atoms with van der Waals surface area (Å²) < 4.78 is 0. The van der Waals surface area contributed by atoms with Crippen LogP contribution in [-0.4, -0.2) is 4.98 Å². The summed E-state index contributed by atoms with van der Waals surface area (Å²) in [7, 11) is 0. The zero-order chi connectivity index (χ0) is 15.4. The molecule has 1 heteroatoms. The lowest BCUT2D eigenvalue weighted by Gasteiger charge is -2.43. The number of rotatable bonds is 5. The summed E-state index contributed by atoms with van der Waals surface area (Å²) in [4.78, 5) is 5.04. The smallest absolute Gasteiger partial charge is 0.0705 e. The number of para-hydroxylation sites is 1. The van der Waals surface area contributed by atoms with Crippen molar-refractivity contribution >= 4 is 10.9 Å². The van der Waals surface area contributed by atoms with Gasteiger partial charge in [0.2, 0.25) is 0 Å². The Bertz CT molecular complexity index is 672. The largest absolute Gasteiger partial charge is 0.252 e. The fraction of sp³-hybridized carbons (Fsp3) is 0.381. The molecule has 22 heavy (non-hydrogen) atoms. The number of nitrogens with zero attached hydrogens (tertiary/aromatic N) is 1. The molecule has 3 rings (SSSR count). The van der Waals surface area contributed by atoms with Crippen LogP contribution in [0.5, 0.6) is 0 Å². The average molecular weight is 291 g/mol. The van der Waals surface area contributed by atoms with Crippen molar-refractivity contribution < 1.29 is 0 Å². The van der Waals surface area contributed by atoms with Gasteiger partial charge in [0.15, 0.2) is 0 Å². The van der Waals surface area contributed by atoms with Crippen molar-refractivity contribution in [3.05, 3.63) is 67.4 Å². The highest BCUT2D eigenvalue weighted by Crippen LogP contribution is 2.47. The van der Waals surface area contributed by atoms with E-state index in [4.69, 9.17) is 4.98 Å². The molecule has 1 aliphatic carbocycles. The highest BCUT2D eigenvalue weighted by Gasteiger charge is 2.41. The number of hydrogen-bond acceptors (Lipinski definition) is 1. The molecular formula is C21H25N. The molecule has 1 saturated carbocycles. The van der Waals surface area contributed by atoms with Gasteiger partial charge in [0.25, 0.3) is 0 Å². The first-order chi connectivity index (χ1) is 10.8. The van der Waals surface area contributed by atoms with Gasteiger partial charge in [-0.05, 0) is 43.7 Å². The quantitative estimate of drug-likeness (QED) is 0.633. The predicted molar refractivity (Wildman–Crippen MR) is 95.0 cm³/mol. The van der Waals surface area contributed by atoms with Crippen LogP contribution in [-0.2, 0) is 5.41 Å². The molecule has 1 aromatic heterocycles. The number of hydrogen-bond donors (Lipinski definition) is 0. The summed E-state index contributed by atoms with van der Waals surface area (Å²) in [5, 5.41) is 1.22. The van der Waals surface area contributed by atoms with Gasteiger partial charge in [-0.25, -0.2) is 0 Å². The monoisotopic (exact) mass is 291 g/mol. The summed E-state index contributed by atoms with van der Waals surface area (Å²) >= 11 is 0. The zero-order valence-electron chi connectivity index (χ0n) is 13.3. The molecule has 0 aliphatic heterocycles. The van der Waals surface area contributed by atoms with Gasteiger partial charge >= 0.3 is 0 Å². The molecule has 0 amide bonds. The fourth-order valence-electron chi connectivity index (χ4n) is 4.17. The number of fused-ring (bicyclic) bond motifs is 1. The third kappa shape index (κ3) is 2.61.